The van der Waals surface area contributed by atoms with Crippen LogP contribution in [0, 0.1) is 25.2 Å². The summed E-state index contributed by atoms with van der Waals surface area (Å²) in [6.07, 6.45) is 7.49. The fourth-order valence-electron chi connectivity index (χ4n) is 6.52. The van der Waals surface area contributed by atoms with Crippen LogP contribution < -0.4 is 19.6 Å². The molecule has 4 heterocycles. The highest BCUT2D eigenvalue weighted by Gasteiger charge is 2.36. The molecular formula is C35H36N4O4S2. The standard InChI is InChI=1S/C35H36N4O4S2/c1-6-12-26-30(34(41)43-7-2)31(24-14-8-10-15-27(24)42-5)39-32(40)29(45-35(39)37-26)18-22-17-20(3)38(21(22)4)33-25(19-36)23-13-9-11-16-28(23)44-33/h8,10,14-15,17-18,31H,6-7,9,11-13,16H2,1-5H3/b29-18+/t31-/m1/s1. The van der Waals surface area contributed by atoms with E-state index < -0.39 is 12.0 Å². The minimum atomic E-state index is -0.747. The molecule has 0 N–H and O–H groups in total. The Morgan fingerprint density at radius 2 is 1.96 bits per heavy atom. The topological polar surface area (TPSA) is 98.6 Å². The molecule has 0 radical (unpaired) electrons. The van der Waals surface area contributed by atoms with Gasteiger partial charge in [0.15, 0.2) is 4.80 Å². The lowest BCUT2D eigenvalue weighted by Crippen LogP contribution is -2.40. The number of nitrogens with zero attached hydrogens (tertiary/aromatic N) is 4. The number of thiophene rings is 1. The molecular weight excluding hydrogens is 605 g/mol. The van der Waals surface area contributed by atoms with Gasteiger partial charge in [-0.05, 0) is 82.2 Å². The minimum absolute atomic E-state index is 0.209. The van der Waals surface area contributed by atoms with Crippen LogP contribution in [0.1, 0.15) is 84.1 Å². The van der Waals surface area contributed by atoms with Crippen LogP contribution in [0.5, 0.6) is 5.75 Å². The molecule has 10 heteroatoms. The third kappa shape index (κ3) is 5.28. The first kappa shape index (κ1) is 30.8. The lowest BCUT2D eigenvalue weighted by Gasteiger charge is -2.26. The number of carbonyl (C=O) groups is 1. The number of rotatable bonds is 8. The van der Waals surface area contributed by atoms with Gasteiger partial charge in [0.05, 0.1) is 35.1 Å². The number of hydrogen-bond acceptors (Lipinski definition) is 8. The van der Waals surface area contributed by atoms with Gasteiger partial charge in [-0.3, -0.25) is 9.36 Å². The Morgan fingerprint density at radius 1 is 1.18 bits per heavy atom. The second-order valence-corrected chi connectivity index (χ2v) is 13.4. The number of aryl methyl sites for hydroxylation is 2. The number of methoxy groups -OCH3 is 1. The Balaban J connectivity index is 1.55. The second-order valence-electron chi connectivity index (χ2n) is 11.3. The first-order valence-electron chi connectivity index (χ1n) is 15.4. The van der Waals surface area contributed by atoms with Crippen molar-refractivity contribution in [1.82, 2.24) is 9.13 Å². The lowest BCUT2D eigenvalue weighted by atomic mass is 9.93. The highest BCUT2D eigenvalue weighted by Crippen LogP contribution is 2.39. The summed E-state index contributed by atoms with van der Waals surface area (Å²) in [4.78, 5) is 34.6. The Kier molecular flexibility index (Phi) is 8.67. The van der Waals surface area contributed by atoms with E-state index in [-0.39, 0.29) is 12.2 Å². The van der Waals surface area contributed by atoms with Gasteiger partial charge in [0.1, 0.15) is 22.9 Å². The maximum Gasteiger partial charge on any atom is 0.338 e. The maximum absolute atomic E-state index is 14.3. The fraction of sp³-hybridized carbons (Fsp3) is 0.371. The highest BCUT2D eigenvalue weighted by atomic mass is 32.1. The number of esters is 1. The van der Waals surface area contributed by atoms with Crippen molar-refractivity contribution in [1.29, 1.82) is 5.26 Å². The third-order valence-electron chi connectivity index (χ3n) is 8.55. The first-order chi connectivity index (χ1) is 21.8. The maximum atomic E-state index is 14.3. The molecule has 0 spiro atoms. The van der Waals surface area contributed by atoms with Crippen LogP contribution in [0.4, 0.5) is 0 Å². The zero-order valence-electron chi connectivity index (χ0n) is 26.2. The van der Waals surface area contributed by atoms with Crippen LogP contribution in [0.3, 0.4) is 0 Å². The summed E-state index contributed by atoms with van der Waals surface area (Å²) in [6.45, 7) is 8.09. The van der Waals surface area contributed by atoms with Crippen LogP contribution in [-0.4, -0.2) is 28.8 Å². The van der Waals surface area contributed by atoms with Crippen molar-refractivity contribution in [3.8, 4) is 16.8 Å². The Hall–Kier alpha value is -4.20. The summed E-state index contributed by atoms with van der Waals surface area (Å²) >= 11 is 3.03. The van der Waals surface area contributed by atoms with Crippen molar-refractivity contribution < 1.29 is 14.3 Å². The van der Waals surface area contributed by atoms with Gasteiger partial charge in [0, 0.05) is 21.8 Å². The summed E-state index contributed by atoms with van der Waals surface area (Å²) in [5, 5.41) is 11.1. The van der Waals surface area contributed by atoms with Gasteiger partial charge in [0.2, 0.25) is 0 Å². The summed E-state index contributed by atoms with van der Waals surface area (Å²) in [5.74, 6) is 0.0949. The lowest BCUT2D eigenvalue weighted by molar-refractivity contribution is -0.139. The number of allylic oxidation sites excluding steroid dienone is 1. The van der Waals surface area contributed by atoms with Crippen molar-refractivity contribution in [2.45, 2.75) is 72.3 Å². The average molecular weight is 641 g/mol. The van der Waals surface area contributed by atoms with E-state index in [1.807, 2.05) is 51.1 Å². The molecule has 232 valence electrons. The highest BCUT2D eigenvalue weighted by molar-refractivity contribution is 7.15. The van der Waals surface area contributed by atoms with Crippen molar-refractivity contribution >= 4 is 34.7 Å². The molecule has 0 saturated heterocycles. The number of ether oxygens (including phenoxy) is 2. The van der Waals surface area contributed by atoms with Crippen molar-refractivity contribution in [2.24, 2.45) is 4.99 Å². The Morgan fingerprint density at radius 3 is 2.69 bits per heavy atom. The number of carbonyl (C=O) groups excluding carboxylic acids is 1. The fourth-order valence-corrected chi connectivity index (χ4v) is 8.98. The molecule has 1 aromatic carbocycles. The quantitative estimate of drug-likeness (QED) is 0.227. The summed E-state index contributed by atoms with van der Waals surface area (Å²) in [6, 6.07) is 11.3. The average Bonchev–Trinajstić information content (AvgIpc) is 3.65. The number of thiazole rings is 1. The minimum Gasteiger partial charge on any atom is -0.496 e. The number of fused-ring (bicyclic) bond motifs is 2. The SMILES string of the molecule is CCCC1=C(C(=O)OCC)[C@@H](c2ccccc2OC)n2c(s/c(=C/c3cc(C)n(-c4sc5c(c4C#N)CCCC5)c3C)c2=O)=N1. The largest absolute Gasteiger partial charge is 0.496 e. The normalized spacial score (nSPS) is 16.2. The predicted molar refractivity (Wildman–Crippen MR) is 177 cm³/mol. The molecule has 0 saturated carbocycles. The molecule has 6 rings (SSSR count). The third-order valence-corrected chi connectivity index (χ3v) is 10.8. The van der Waals surface area contributed by atoms with E-state index in [4.69, 9.17) is 14.5 Å². The summed E-state index contributed by atoms with van der Waals surface area (Å²) in [5.41, 5.74) is 6.30. The predicted octanol–water partition coefficient (Wildman–Crippen LogP) is 5.81. The van der Waals surface area contributed by atoms with Crippen LogP contribution in [0.15, 0.2) is 51.4 Å². The zero-order chi connectivity index (χ0) is 31.8. The van der Waals surface area contributed by atoms with Gasteiger partial charge in [-0.1, -0.05) is 42.9 Å². The number of nitriles is 1. The van der Waals surface area contributed by atoms with Gasteiger partial charge in [-0.25, -0.2) is 9.79 Å². The van der Waals surface area contributed by atoms with Crippen molar-refractivity contribution in [3.63, 3.8) is 0 Å². The Bertz CT molecular complexity index is 2070. The van der Waals surface area contributed by atoms with Crippen LogP contribution in [0.2, 0.25) is 0 Å². The monoisotopic (exact) mass is 640 g/mol. The first-order valence-corrected chi connectivity index (χ1v) is 17.0. The number of hydrogen-bond donors (Lipinski definition) is 0. The molecule has 1 atom stereocenters. The van der Waals surface area contributed by atoms with Gasteiger partial charge >= 0.3 is 5.97 Å². The second kappa shape index (κ2) is 12.7. The molecule has 0 bridgehead atoms. The van der Waals surface area contributed by atoms with E-state index in [0.29, 0.717) is 38.3 Å². The number of aromatic nitrogens is 2. The van der Waals surface area contributed by atoms with Gasteiger partial charge in [0.25, 0.3) is 5.56 Å². The molecule has 1 aliphatic heterocycles. The van der Waals surface area contributed by atoms with Crippen molar-refractivity contribution in [3.05, 3.63) is 99.8 Å². The number of benzene rings is 1. The molecule has 4 aromatic rings. The van der Waals surface area contributed by atoms with Gasteiger partial charge < -0.3 is 14.0 Å². The molecule has 1 aliphatic carbocycles. The van der Waals surface area contributed by atoms with Gasteiger partial charge in [-0.2, -0.15) is 5.26 Å². The molecule has 3 aromatic heterocycles. The molecule has 2 aliphatic rings. The molecule has 45 heavy (non-hydrogen) atoms. The van der Waals surface area contributed by atoms with Crippen LogP contribution in [0.25, 0.3) is 11.1 Å². The summed E-state index contributed by atoms with van der Waals surface area (Å²) < 4.78 is 15.5. The molecule has 0 unspecified atom stereocenters. The van der Waals surface area contributed by atoms with E-state index in [2.05, 4.69) is 16.7 Å². The van der Waals surface area contributed by atoms with E-state index in [0.717, 1.165) is 59.6 Å². The summed E-state index contributed by atoms with van der Waals surface area (Å²) in [7, 11) is 1.58. The number of para-hydroxylation sites is 1. The molecule has 8 nitrogen and oxygen atoms in total. The zero-order valence-corrected chi connectivity index (χ0v) is 27.9. The van der Waals surface area contributed by atoms with E-state index in [1.54, 1.807) is 29.9 Å². The molecule has 0 amide bonds. The van der Waals surface area contributed by atoms with E-state index >= 15 is 0 Å². The smallest absolute Gasteiger partial charge is 0.338 e. The van der Waals surface area contributed by atoms with E-state index in [9.17, 15) is 14.9 Å². The van der Waals surface area contributed by atoms with Crippen LogP contribution in [-0.2, 0) is 22.4 Å². The van der Waals surface area contributed by atoms with Crippen molar-refractivity contribution in [2.75, 3.05) is 13.7 Å². The van der Waals surface area contributed by atoms with Crippen LogP contribution >= 0.6 is 22.7 Å². The Labute approximate surface area is 270 Å². The van der Waals surface area contributed by atoms with Gasteiger partial charge in [-0.15, -0.1) is 11.3 Å². The van der Waals surface area contributed by atoms with E-state index in [1.165, 1.54) is 21.8 Å². The molecule has 0 fully saturated rings.